The van der Waals surface area contributed by atoms with Crippen molar-refractivity contribution in [1.82, 2.24) is 9.97 Å². The lowest BCUT2D eigenvalue weighted by molar-refractivity contribution is 0.0951. The molecule has 1 unspecified atom stereocenters. The van der Waals surface area contributed by atoms with Crippen molar-refractivity contribution < 1.29 is 9.53 Å². The molecule has 106 valence electrons. The summed E-state index contributed by atoms with van der Waals surface area (Å²) in [6.45, 7) is 2.08. The lowest BCUT2D eigenvalue weighted by atomic mass is 10.1. The van der Waals surface area contributed by atoms with Gasteiger partial charge in [-0.1, -0.05) is 43.7 Å². The number of primary amides is 1. The second-order valence-electron chi connectivity index (χ2n) is 4.62. The number of aromatic nitrogens is 2. The van der Waals surface area contributed by atoms with Gasteiger partial charge in [0, 0.05) is 0 Å². The lowest BCUT2D eigenvalue weighted by Gasteiger charge is -2.13. The highest BCUT2D eigenvalue weighted by Gasteiger charge is 2.18. The second kappa shape index (κ2) is 6.75. The standard InChI is InChI=1S/C15H19N3O2/c1-2-3-9-13(20-15(16)19)14-17-10-12(18-14)11-7-5-4-6-8-11/h4-8,10,13H,2-3,9H2,1H3,(H2,16,19)(H,17,18). The molecule has 1 amide bonds. The number of carbonyl (C=O) groups excluding carboxylic acids is 1. The van der Waals surface area contributed by atoms with Crippen LogP contribution in [0.2, 0.25) is 0 Å². The van der Waals surface area contributed by atoms with E-state index in [0.717, 1.165) is 24.1 Å². The van der Waals surface area contributed by atoms with E-state index < -0.39 is 12.2 Å². The molecule has 3 N–H and O–H groups in total. The molecule has 2 rings (SSSR count). The van der Waals surface area contributed by atoms with Crippen LogP contribution in [-0.4, -0.2) is 16.1 Å². The normalized spacial score (nSPS) is 12.1. The van der Waals surface area contributed by atoms with Crippen molar-refractivity contribution in [3.05, 3.63) is 42.4 Å². The van der Waals surface area contributed by atoms with E-state index in [4.69, 9.17) is 10.5 Å². The van der Waals surface area contributed by atoms with Gasteiger partial charge in [-0.15, -0.1) is 0 Å². The van der Waals surface area contributed by atoms with Gasteiger partial charge in [0.2, 0.25) is 0 Å². The molecule has 20 heavy (non-hydrogen) atoms. The number of imidazole rings is 1. The van der Waals surface area contributed by atoms with Crippen LogP contribution in [0.15, 0.2) is 36.5 Å². The molecular formula is C15H19N3O2. The smallest absolute Gasteiger partial charge is 0.405 e. The summed E-state index contributed by atoms with van der Waals surface area (Å²) in [5.74, 6) is 0.635. The van der Waals surface area contributed by atoms with Crippen molar-refractivity contribution >= 4 is 6.09 Å². The fourth-order valence-corrected chi connectivity index (χ4v) is 2.05. The predicted octanol–water partition coefficient (Wildman–Crippen LogP) is 3.40. The van der Waals surface area contributed by atoms with Gasteiger partial charge in [-0.2, -0.15) is 0 Å². The highest BCUT2D eigenvalue weighted by molar-refractivity contribution is 5.65. The molecule has 1 heterocycles. The van der Waals surface area contributed by atoms with E-state index in [-0.39, 0.29) is 0 Å². The maximum absolute atomic E-state index is 11.0. The first-order valence-corrected chi connectivity index (χ1v) is 6.77. The minimum Gasteiger partial charge on any atom is -0.438 e. The lowest BCUT2D eigenvalue weighted by Crippen LogP contribution is -2.18. The summed E-state index contributed by atoms with van der Waals surface area (Å²) in [5.41, 5.74) is 7.06. The third kappa shape index (κ3) is 3.60. The number of H-pyrrole nitrogens is 1. The third-order valence-corrected chi connectivity index (χ3v) is 3.06. The van der Waals surface area contributed by atoms with Gasteiger partial charge in [-0.3, -0.25) is 0 Å². The number of hydrogen-bond acceptors (Lipinski definition) is 3. The number of rotatable bonds is 6. The van der Waals surface area contributed by atoms with Crippen LogP contribution in [0.1, 0.15) is 38.1 Å². The molecule has 0 aliphatic carbocycles. The van der Waals surface area contributed by atoms with E-state index in [9.17, 15) is 4.79 Å². The highest BCUT2D eigenvalue weighted by Crippen LogP contribution is 2.24. The minimum atomic E-state index is -0.774. The van der Waals surface area contributed by atoms with E-state index in [2.05, 4.69) is 16.9 Å². The number of unbranched alkanes of at least 4 members (excludes halogenated alkanes) is 1. The number of hydrogen-bond donors (Lipinski definition) is 2. The van der Waals surface area contributed by atoms with E-state index in [1.807, 2.05) is 30.3 Å². The topological polar surface area (TPSA) is 81.0 Å². The number of carbonyl (C=O) groups is 1. The Hall–Kier alpha value is -2.30. The molecule has 0 aliphatic rings. The quantitative estimate of drug-likeness (QED) is 0.846. The first kappa shape index (κ1) is 14.1. The molecule has 0 fully saturated rings. The second-order valence-corrected chi connectivity index (χ2v) is 4.62. The minimum absolute atomic E-state index is 0.412. The molecule has 0 bridgehead atoms. The summed E-state index contributed by atoms with van der Waals surface area (Å²) in [6, 6.07) is 9.87. The van der Waals surface area contributed by atoms with Gasteiger partial charge in [-0.05, 0) is 18.4 Å². The molecule has 1 aromatic heterocycles. The van der Waals surface area contributed by atoms with Crippen molar-refractivity contribution in [3.8, 4) is 11.3 Å². The average Bonchev–Trinajstić information content (AvgIpc) is 2.94. The molecule has 0 aliphatic heterocycles. The average molecular weight is 273 g/mol. The van der Waals surface area contributed by atoms with E-state index in [1.54, 1.807) is 6.20 Å². The van der Waals surface area contributed by atoms with Crippen LogP contribution in [0.5, 0.6) is 0 Å². The Morgan fingerprint density at radius 2 is 2.15 bits per heavy atom. The molecule has 5 nitrogen and oxygen atoms in total. The van der Waals surface area contributed by atoms with Crippen LogP contribution in [0.3, 0.4) is 0 Å². The third-order valence-electron chi connectivity index (χ3n) is 3.06. The summed E-state index contributed by atoms with van der Waals surface area (Å²) in [5, 5.41) is 0. The Labute approximate surface area is 118 Å². The highest BCUT2D eigenvalue weighted by atomic mass is 16.6. The predicted molar refractivity (Wildman–Crippen MR) is 77.0 cm³/mol. The maximum atomic E-state index is 11.0. The summed E-state index contributed by atoms with van der Waals surface area (Å²) >= 11 is 0. The van der Waals surface area contributed by atoms with Gasteiger partial charge < -0.3 is 15.5 Å². The van der Waals surface area contributed by atoms with Crippen LogP contribution >= 0.6 is 0 Å². The van der Waals surface area contributed by atoms with Gasteiger partial charge >= 0.3 is 6.09 Å². The van der Waals surface area contributed by atoms with Crippen molar-refractivity contribution in [3.63, 3.8) is 0 Å². The van der Waals surface area contributed by atoms with Gasteiger partial charge in [0.25, 0.3) is 0 Å². The zero-order valence-corrected chi connectivity index (χ0v) is 11.5. The monoisotopic (exact) mass is 273 g/mol. The molecule has 1 aromatic carbocycles. The number of amides is 1. The first-order valence-electron chi connectivity index (χ1n) is 6.77. The molecule has 0 spiro atoms. The Kier molecular flexibility index (Phi) is 4.76. The molecule has 0 radical (unpaired) electrons. The SMILES string of the molecule is CCCCC(OC(N)=O)c1ncc(-c2ccccc2)[nH]1. The van der Waals surface area contributed by atoms with Crippen molar-refractivity contribution in [2.45, 2.75) is 32.3 Å². The van der Waals surface area contributed by atoms with Crippen LogP contribution in [0.4, 0.5) is 4.79 Å². The zero-order valence-electron chi connectivity index (χ0n) is 11.5. The summed E-state index contributed by atoms with van der Waals surface area (Å²) in [4.78, 5) is 18.5. The van der Waals surface area contributed by atoms with Gasteiger partial charge in [0.1, 0.15) is 5.82 Å². The van der Waals surface area contributed by atoms with Crippen LogP contribution in [0, 0.1) is 0 Å². The summed E-state index contributed by atoms with van der Waals surface area (Å²) < 4.78 is 5.13. The Bertz CT molecular complexity index is 551. The van der Waals surface area contributed by atoms with Gasteiger partial charge in [0.05, 0.1) is 11.9 Å². The van der Waals surface area contributed by atoms with Crippen LogP contribution in [0.25, 0.3) is 11.3 Å². The molecule has 0 saturated heterocycles. The first-order chi connectivity index (χ1) is 9.70. The van der Waals surface area contributed by atoms with E-state index >= 15 is 0 Å². The number of nitrogens with one attached hydrogen (secondary N) is 1. The number of nitrogens with two attached hydrogens (primary N) is 1. The van der Waals surface area contributed by atoms with Crippen molar-refractivity contribution in [1.29, 1.82) is 0 Å². The molecule has 2 aromatic rings. The molecular weight excluding hydrogens is 254 g/mol. The number of ether oxygens (including phenoxy) is 1. The fourth-order valence-electron chi connectivity index (χ4n) is 2.05. The molecule has 0 saturated carbocycles. The fraction of sp³-hybridized carbons (Fsp3) is 0.333. The van der Waals surface area contributed by atoms with Crippen molar-refractivity contribution in [2.75, 3.05) is 0 Å². The Morgan fingerprint density at radius 3 is 2.80 bits per heavy atom. The summed E-state index contributed by atoms with van der Waals surface area (Å²) in [7, 11) is 0. The van der Waals surface area contributed by atoms with Gasteiger partial charge in [-0.25, -0.2) is 9.78 Å². The van der Waals surface area contributed by atoms with Gasteiger partial charge in [0.15, 0.2) is 6.10 Å². The van der Waals surface area contributed by atoms with Crippen LogP contribution in [-0.2, 0) is 4.74 Å². The number of nitrogens with zero attached hydrogens (tertiary/aromatic N) is 1. The molecule has 5 heteroatoms. The van der Waals surface area contributed by atoms with E-state index in [0.29, 0.717) is 12.2 Å². The number of aromatic amines is 1. The summed E-state index contributed by atoms with van der Waals surface area (Å²) in [6.07, 6.45) is 3.23. The maximum Gasteiger partial charge on any atom is 0.405 e. The Morgan fingerprint density at radius 1 is 1.40 bits per heavy atom. The van der Waals surface area contributed by atoms with E-state index in [1.165, 1.54) is 0 Å². The Balaban J connectivity index is 2.17. The largest absolute Gasteiger partial charge is 0.438 e. The van der Waals surface area contributed by atoms with Crippen LogP contribution < -0.4 is 5.73 Å². The molecule has 1 atom stereocenters. The number of benzene rings is 1. The van der Waals surface area contributed by atoms with Crippen molar-refractivity contribution in [2.24, 2.45) is 5.73 Å². The zero-order chi connectivity index (χ0) is 14.4.